The van der Waals surface area contributed by atoms with E-state index in [9.17, 15) is 21.6 Å². The molecule has 3 aromatic rings. The van der Waals surface area contributed by atoms with E-state index in [2.05, 4.69) is 21.8 Å². The van der Waals surface area contributed by atoms with Crippen LogP contribution in [0.5, 0.6) is 0 Å². The van der Waals surface area contributed by atoms with Crippen molar-refractivity contribution in [1.82, 2.24) is 9.97 Å². The summed E-state index contributed by atoms with van der Waals surface area (Å²) in [5.41, 5.74) is -0.0557. The first kappa shape index (κ1) is 29.0. The summed E-state index contributed by atoms with van der Waals surface area (Å²) in [4.78, 5) is 26.9. The Hall–Kier alpha value is -3.56. The Kier molecular flexibility index (Phi) is 9.40. The first-order valence-corrected chi connectivity index (χ1v) is 13.7. The van der Waals surface area contributed by atoms with Gasteiger partial charge in [0.05, 0.1) is 22.7 Å². The SMILES string of the molecule is CCc1ccccc1-c1nc(CS(=O)(=O)c2cccc(N3CCCC(C)C3)n2)ccc1C(F)(F)F.O=C=O. The maximum absolute atomic E-state index is 13.8. The van der Waals surface area contributed by atoms with Gasteiger partial charge in [-0.05, 0) is 55.0 Å². The molecular weight excluding hydrogens is 519 g/mol. The van der Waals surface area contributed by atoms with Crippen molar-refractivity contribution in [3.63, 3.8) is 0 Å². The second kappa shape index (κ2) is 12.3. The zero-order valence-corrected chi connectivity index (χ0v) is 21.8. The third-order valence-corrected chi connectivity index (χ3v) is 7.80. The fourth-order valence-electron chi connectivity index (χ4n) is 4.49. The van der Waals surface area contributed by atoms with Gasteiger partial charge >= 0.3 is 12.3 Å². The molecule has 0 spiro atoms. The highest BCUT2D eigenvalue weighted by molar-refractivity contribution is 7.90. The molecule has 7 nitrogen and oxygen atoms in total. The Morgan fingerprint density at radius 3 is 2.39 bits per heavy atom. The number of hydrogen-bond donors (Lipinski definition) is 0. The van der Waals surface area contributed by atoms with Crippen molar-refractivity contribution < 1.29 is 31.2 Å². The monoisotopic (exact) mass is 547 g/mol. The van der Waals surface area contributed by atoms with Gasteiger partial charge in [-0.2, -0.15) is 22.8 Å². The lowest BCUT2D eigenvalue weighted by atomic mass is 9.98. The van der Waals surface area contributed by atoms with E-state index in [0.29, 0.717) is 29.3 Å². The maximum atomic E-state index is 13.8. The van der Waals surface area contributed by atoms with Crippen molar-refractivity contribution in [2.75, 3.05) is 18.0 Å². The number of halogens is 3. The average molecular weight is 548 g/mol. The van der Waals surface area contributed by atoms with Gasteiger partial charge in [0.1, 0.15) is 5.82 Å². The van der Waals surface area contributed by atoms with E-state index < -0.39 is 27.3 Å². The zero-order chi connectivity index (χ0) is 27.9. The summed E-state index contributed by atoms with van der Waals surface area (Å²) >= 11 is 0. The zero-order valence-electron chi connectivity index (χ0n) is 21.0. The molecule has 2 aromatic heterocycles. The molecule has 1 aliphatic rings. The highest BCUT2D eigenvalue weighted by Crippen LogP contribution is 2.37. The van der Waals surface area contributed by atoms with Crippen LogP contribution in [0, 0.1) is 5.92 Å². The van der Waals surface area contributed by atoms with Crippen LogP contribution >= 0.6 is 0 Å². The van der Waals surface area contributed by atoms with Crippen LogP contribution in [0.25, 0.3) is 11.3 Å². The van der Waals surface area contributed by atoms with Crippen LogP contribution in [0.3, 0.4) is 0 Å². The molecule has 202 valence electrons. The molecule has 0 amide bonds. The summed E-state index contributed by atoms with van der Waals surface area (Å²) in [6.45, 7) is 5.61. The molecule has 0 aliphatic carbocycles. The van der Waals surface area contributed by atoms with Crippen LogP contribution in [0.2, 0.25) is 0 Å². The number of aromatic nitrogens is 2. The van der Waals surface area contributed by atoms with Crippen molar-refractivity contribution >= 4 is 21.8 Å². The van der Waals surface area contributed by atoms with Crippen LogP contribution in [0.4, 0.5) is 19.0 Å². The van der Waals surface area contributed by atoms with Crippen molar-refractivity contribution in [3.8, 4) is 11.3 Å². The number of pyridine rings is 2. The lowest BCUT2D eigenvalue weighted by Gasteiger charge is -2.32. The van der Waals surface area contributed by atoms with Crippen LogP contribution in [0.15, 0.2) is 59.6 Å². The Balaban J connectivity index is 0.00000127. The van der Waals surface area contributed by atoms with E-state index in [4.69, 9.17) is 9.59 Å². The minimum Gasteiger partial charge on any atom is -0.356 e. The molecule has 3 heterocycles. The predicted octanol–water partition coefficient (Wildman–Crippen LogP) is 5.35. The first-order valence-electron chi connectivity index (χ1n) is 12.1. The van der Waals surface area contributed by atoms with Crippen molar-refractivity contribution in [2.24, 2.45) is 5.92 Å². The molecule has 1 aromatic carbocycles. The Morgan fingerprint density at radius 2 is 1.74 bits per heavy atom. The van der Waals surface area contributed by atoms with Gasteiger partial charge in [-0.25, -0.2) is 13.4 Å². The minimum absolute atomic E-state index is 0.0395. The quantitative estimate of drug-likeness (QED) is 0.410. The topological polar surface area (TPSA) is 97.3 Å². The number of piperidine rings is 1. The first-order chi connectivity index (χ1) is 18.0. The molecule has 1 unspecified atom stereocenters. The van der Waals surface area contributed by atoms with Gasteiger partial charge in [-0.15, -0.1) is 0 Å². The highest BCUT2D eigenvalue weighted by Gasteiger charge is 2.35. The van der Waals surface area contributed by atoms with Crippen LogP contribution < -0.4 is 4.90 Å². The van der Waals surface area contributed by atoms with E-state index in [1.807, 2.05) is 6.92 Å². The van der Waals surface area contributed by atoms with Gasteiger partial charge in [0.15, 0.2) is 5.03 Å². The normalized spacial score (nSPS) is 15.8. The minimum atomic E-state index is -4.62. The summed E-state index contributed by atoms with van der Waals surface area (Å²) in [7, 11) is -3.93. The van der Waals surface area contributed by atoms with Gasteiger partial charge in [-0.3, -0.25) is 4.98 Å². The molecule has 1 saturated heterocycles. The van der Waals surface area contributed by atoms with Gasteiger partial charge in [0.25, 0.3) is 0 Å². The molecule has 1 fully saturated rings. The lowest BCUT2D eigenvalue weighted by Crippen LogP contribution is -2.35. The predicted molar refractivity (Wildman–Crippen MR) is 135 cm³/mol. The fourth-order valence-corrected chi connectivity index (χ4v) is 5.71. The summed E-state index contributed by atoms with van der Waals surface area (Å²) < 4.78 is 67.8. The molecule has 0 bridgehead atoms. The van der Waals surface area contributed by atoms with E-state index >= 15 is 0 Å². The summed E-state index contributed by atoms with van der Waals surface area (Å²) in [6, 6.07) is 13.6. The van der Waals surface area contributed by atoms with Crippen LogP contribution in [0.1, 0.15) is 43.5 Å². The second-order valence-corrected chi connectivity index (χ2v) is 11.0. The van der Waals surface area contributed by atoms with Gasteiger partial charge in [0.2, 0.25) is 9.84 Å². The highest BCUT2D eigenvalue weighted by atomic mass is 32.2. The van der Waals surface area contributed by atoms with Crippen LogP contribution in [-0.4, -0.2) is 37.6 Å². The van der Waals surface area contributed by atoms with Gasteiger partial charge in [0, 0.05) is 18.7 Å². The van der Waals surface area contributed by atoms with E-state index in [0.717, 1.165) is 38.1 Å². The number of rotatable bonds is 6. The van der Waals surface area contributed by atoms with Crippen molar-refractivity contribution in [2.45, 2.75) is 50.1 Å². The third-order valence-electron chi connectivity index (χ3n) is 6.26. The Bertz CT molecular complexity index is 1400. The Labute approximate surface area is 219 Å². The van der Waals surface area contributed by atoms with E-state index in [1.54, 1.807) is 36.4 Å². The third kappa shape index (κ3) is 7.05. The molecule has 1 atom stereocenters. The van der Waals surface area contributed by atoms with Gasteiger partial charge < -0.3 is 4.90 Å². The molecule has 0 radical (unpaired) electrons. The number of nitrogens with zero attached hydrogens (tertiary/aromatic N) is 3. The Morgan fingerprint density at radius 1 is 1.03 bits per heavy atom. The van der Waals surface area contributed by atoms with Crippen molar-refractivity contribution in [1.29, 1.82) is 0 Å². The number of benzene rings is 1. The fraction of sp³-hybridized carbons (Fsp3) is 0.370. The largest absolute Gasteiger partial charge is 0.418 e. The molecular formula is C27H28F3N3O4S. The average Bonchev–Trinajstić information content (AvgIpc) is 2.88. The molecule has 0 saturated carbocycles. The summed E-state index contributed by atoms with van der Waals surface area (Å²) in [5, 5.41) is -0.106. The van der Waals surface area contributed by atoms with E-state index in [-0.39, 0.29) is 22.6 Å². The molecule has 4 rings (SSSR count). The maximum Gasteiger partial charge on any atom is 0.418 e. The molecule has 0 N–H and O–H groups in total. The van der Waals surface area contributed by atoms with E-state index in [1.165, 1.54) is 6.07 Å². The van der Waals surface area contributed by atoms with Crippen molar-refractivity contribution in [3.05, 3.63) is 71.4 Å². The molecule has 1 aliphatic heterocycles. The number of carbonyl (C=O) groups excluding carboxylic acids is 2. The number of alkyl halides is 3. The number of anilines is 1. The van der Waals surface area contributed by atoms with Crippen LogP contribution in [-0.2, 0) is 37.8 Å². The molecule has 11 heteroatoms. The van der Waals surface area contributed by atoms with Gasteiger partial charge in [-0.1, -0.05) is 44.2 Å². The lowest BCUT2D eigenvalue weighted by molar-refractivity contribution is -0.191. The number of sulfone groups is 1. The standard InChI is InChI=1S/C26H28F3N3O2S.CO2/c1-3-19-9-4-5-10-21(19)25-22(26(27,28)29)14-13-20(30-25)17-35(33,34)24-12-6-11-23(31-24)32-15-7-8-18(2)16-32;2-1-3/h4-6,9-14,18H,3,7-8,15-17H2,1-2H3;. The summed E-state index contributed by atoms with van der Waals surface area (Å²) in [6.07, 6.45) is -1.72. The smallest absolute Gasteiger partial charge is 0.356 e. The number of hydrogen-bond acceptors (Lipinski definition) is 7. The number of aryl methyl sites for hydroxylation is 1. The molecule has 38 heavy (non-hydrogen) atoms. The summed E-state index contributed by atoms with van der Waals surface area (Å²) in [5.74, 6) is 0.543. The second-order valence-electron chi connectivity index (χ2n) is 9.08.